The molecule has 0 amide bonds. The van der Waals surface area contributed by atoms with Gasteiger partial charge in [-0.25, -0.2) is 0 Å². The van der Waals surface area contributed by atoms with E-state index in [-0.39, 0.29) is 0 Å². The van der Waals surface area contributed by atoms with Crippen LogP contribution in [0.4, 0.5) is 5.69 Å². The first kappa shape index (κ1) is 14.6. The van der Waals surface area contributed by atoms with Crippen LogP contribution in [-0.2, 0) is 13.1 Å². The lowest BCUT2D eigenvalue weighted by Gasteiger charge is -2.26. The molecule has 0 atom stereocenters. The van der Waals surface area contributed by atoms with Crippen LogP contribution in [0.1, 0.15) is 24.3 Å². The van der Waals surface area contributed by atoms with Crippen LogP contribution in [0, 0.1) is 0 Å². The highest BCUT2D eigenvalue weighted by atomic mass is 79.9. The Morgan fingerprint density at radius 3 is 2.63 bits per heavy atom. The zero-order chi connectivity index (χ0) is 13.8. The molecule has 0 saturated carbocycles. The standard InChI is InChI=1S/C15H19BrN2S/c1-11(2)18(10-13-4-3-7-19-13)9-12-5-6-15(17)14(16)8-12/h3-8,11H,9-10,17H2,1-2H3. The number of hydrogen-bond donors (Lipinski definition) is 1. The predicted octanol–water partition coefficient (Wildman–Crippen LogP) is 4.50. The molecule has 2 nitrogen and oxygen atoms in total. The molecule has 0 aliphatic rings. The van der Waals surface area contributed by atoms with E-state index >= 15 is 0 Å². The van der Waals surface area contributed by atoms with Crippen LogP contribution in [0.5, 0.6) is 0 Å². The molecule has 0 saturated heterocycles. The van der Waals surface area contributed by atoms with Gasteiger partial charge in [0.2, 0.25) is 0 Å². The Hall–Kier alpha value is -0.840. The van der Waals surface area contributed by atoms with Gasteiger partial charge in [-0.1, -0.05) is 12.1 Å². The highest BCUT2D eigenvalue weighted by molar-refractivity contribution is 9.10. The van der Waals surface area contributed by atoms with Crippen LogP contribution in [0.3, 0.4) is 0 Å². The van der Waals surface area contributed by atoms with Crippen LogP contribution in [0.15, 0.2) is 40.2 Å². The van der Waals surface area contributed by atoms with Crippen molar-refractivity contribution in [1.82, 2.24) is 4.90 Å². The SMILES string of the molecule is CC(C)N(Cc1ccc(N)c(Br)c1)Cc1cccs1. The summed E-state index contributed by atoms with van der Waals surface area (Å²) in [7, 11) is 0. The lowest BCUT2D eigenvalue weighted by molar-refractivity contribution is 0.205. The van der Waals surface area contributed by atoms with E-state index in [0.717, 1.165) is 23.2 Å². The number of thiophene rings is 1. The highest BCUT2D eigenvalue weighted by Crippen LogP contribution is 2.23. The molecular weight excluding hydrogens is 320 g/mol. The summed E-state index contributed by atoms with van der Waals surface area (Å²) in [5.74, 6) is 0. The largest absolute Gasteiger partial charge is 0.398 e. The quantitative estimate of drug-likeness (QED) is 0.813. The van der Waals surface area contributed by atoms with Crippen molar-refractivity contribution in [2.75, 3.05) is 5.73 Å². The Labute approximate surface area is 127 Å². The summed E-state index contributed by atoms with van der Waals surface area (Å²) in [6.07, 6.45) is 0. The van der Waals surface area contributed by atoms with Crippen LogP contribution in [0.25, 0.3) is 0 Å². The lowest BCUT2D eigenvalue weighted by atomic mass is 10.1. The Morgan fingerprint density at radius 1 is 1.26 bits per heavy atom. The third-order valence-electron chi connectivity index (χ3n) is 3.12. The predicted molar refractivity (Wildman–Crippen MR) is 87.3 cm³/mol. The van der Waals surface area contributed by atoms with Gasteiger partial charge in [-0.15, -0.1) is 11.3 Å². The van der Waals surface area contributed by atoms with E-state index in [1.165, 1.54) is 10.4 Å². The maximum absolute atomic E-state index is 5.83. The van der Waals surface area contributed by atoms with Gasteiger partial charge in [-0.2, -0.15) is 0 Å². The number of rotatable bonds is 5. The lowest BCUT2D eigenvalue weighted by Crippen LogP contribution is -2.29. The van der Waals surface area contributed by atoms with Gasteiger partial charge >= 0.3 is 0 Å². The van der Waals surface area contributed by atoms with E-state index in [1.807, 2.05) is 17.4 Å². The Morgan fingerprint density at radius 2 is 2.05 bits per heavy atom. The molecule has 102 valence electrons. The van der Waals surface area contributed by atoms with Gasteiger partial charge in [-0.05, 0) is 58.9 Å². The van der Waals surface area contributed by atoms with Gasteiger partial charge in [0.25, 0.3) is 0 Å². The Balaban J connectivity index is 2.09. The van der Waals surface area contributed by atoms with E-state index in [2.05, 4.69) is 64.3 Å². The van der Waals surface area contributed by atoms with Crippen molar-refractivity contribution in [1.29, 1.82) is 0 Å². The van der Waals surface area contributed by atoms with Crippen LogP contribution >= 0.6 is 27.3 Å². The molecule has 0 bridgehead atoms. The summed E-state index contributed by atoms with van der Waals surface area (Å²) >= 11 is 5.31. The van der Waals surface area contributed by atoms with Crippen molar-refractivity contribution in [3.63, 3.8) is 0 Å². The van der Waals surface area contributed by atoms with E-state index < -0.39 is 0 Å². The molecule has 1 aromatic carbocycles. The Bertz CT molecular complexity index is 523. The summed E-state index contributed by atoms with van der Waals surface area (Å²) in [5.41, 5.74) is 7.90. The minimum atomic E-state index is 0.512. The van der Waals surface area contributed by atoms with Gasteiger partial charge in [0.15, 0.2) is 0 Å². The molecule has 1 aromatic heterocycles. The molecule has 0 fully saturated rings. The molecule has 2 rings (SSSR count). The minimum absolute atomic E-state index is 0.512. The molecule has 2 N–H and O–H groups in total. The number of nitrogen functional groups attached to an aromatic ring is 1. The molecule has 0 spiro atoms. The molecular formula is C15H19BrN2S. The van der Waals surface area contributed by atoms with Gasteiger partial charge in [-0.3, -0.25) is 4.90 Å². The second-order valence-electron chi connectivity index (χ2n) is 4.93. The third kappa shape index (κ3) is 4.06. The summed E-state index contributed by atoms with van der Waals surface area (Å²) < 4.78 is 0.977. The van der Waals surface area contributed by atoms with Crippen LogP contribution in [-0.4, -0.2) is 10.9 Å². The van der Waals surface area contributed by atoms with Gasteiger partial charge in [0.1, 0.15) is 0 Å². The number of anilines is 1. The zero-order valence-electron chi connectivity index (χ0n) is 11.3. The van der Waals surface area contributed by atoms with Crippen molar-refractivity contribution < 1.29 is 0 Å². The number of nitrogens with two attached hydrogens (primary N) is 1. The molecule has 0 unspecified atom stereocenters. The number of hydrogen-bond acceptors (Lipinski definition) is 3. The molecule has 1 heterocycles. The number of halogens is 1. The zero-order valence-corrected chi connectivity index (χ0v) is 13.7. The fourth-order valence-electron chi connectivity index (χ4n) is 1.93. The second kappa shape index (κ2) is 6.55. The van der Waals surface area contributed by atoms with Crippen molar-refractivity contribution in [3.05, 3.63) is 50.6 Å². The van der Waals surface area contributed by atoms with Gasteiger partial charge in [0, 0.05) is 34.2 Å². The molecule has 0 radical (unpaired) electrons. The van der Waals surface area contributed by atoms with Crippen molar-refractivity contribution >= 4 is 33.0 Å². The van der Waals surface area contributed by atoms with Crippen molar-refractivity contribution in [2.24, 2.45) is 0 Å². The summed E-state index contributed by atoms with van der Waals surface area (Å²) in [6.45, 7) is 6.41. The maximum Gasteiger partial charge on any atom is 0.0458 e. The smallest absolute Gasteiger partial charge is 0.0458 e. The third-order valence-corrected chi connectivity index (χ3v) is 4.67. The van der Waals surface area contributed by atoms with Crippen LogP contribution < -0.4 is 5.73 Å². The van der Waals surface area contributed by atoms with E-state index in [1.54, 1.807) is 0 Å². The van der Waals surface area contributed by atoms with E-state index in [4.69, 9.17) is 5.73 Å². The van der Waals surface area contributed by atoms with E-state index in [9.17, 15) is 0 Å². The monoisotopic (exact) mass is 338 g/mol. The summed E-state index contributed by atoms with van der Waals surface area (Å²) in [4.78, 5) is 3.87. The van der Waals surface area contributed by atoms with Crippen LogP contribution in [0.2, 0.25) is 0 Å². The number of benzene rings is 1. The highest BCUT2D eigenvalue weighted by Gasteiger charge is 2.12. The average Bonchev–Trinajstić information content (AvgIpc) is 2.86. The number of nitrogens with zero attached hydrogens (tertiary/aromatic N) is 1. The minimum Gasteiger partial charge on any atom is -0.398 e. The van der Waals surface area contributed by atoms with Crippen molar-refractivity contribution in [3.8, 4) is 0 Å². The first-order chi connectivity index (χ1) is 9.06. The Kier molecular flexibility index (Phi) is 5.02. The van der Waals surface area contributed by atoms with E-state index in [0.29, 0.717) is 6.04 Å². The van der Waals surface area contributed by atoms with Crippen molar-refractivity contribution in [2.45, 2.75) is 33.0 Å². The first-order valence-electron chi connectivity index (χ1n) is 6.36. The molecule has 19 heavy (non-hydrogen) atoms. The average molecular weight is 339 g/mol. The molecule has 0 aliphatic carbocycles. The first-order valence-corrected chi connectivity index (χ1v) is 8.04. The molecule has 2 aromatic rings. The fraction of sp³-hybridized carbons (Fsp3) is 0.333. The summed E-state index contributed by atoms with van der Waals surface area (Å²) in [6, 6.07) is 11.0. The molecule has 0 aliphatic heterocycles. The van der Waals surface area contributed by atoms with Gasteiger partial charge in [0.05, 0.1) is 0 Å². The maximum atomic E-state index is 5.83. The fourth-order valence-corrected chi connectivity index (χ4v) is 3.08. The van der Waals surface area contributed by atoms with Gasteiger partial charge < -0.3 is 5.73 Å². The molecule has 4 heteroatoms. The second-order valence-corrected chi connectivity index (χ2v) is 6.82. The summed E-state index contributed by atoms with van der Waals surface area (Å²) in [5, 5.41) is 2.13. The topological polar surface area (TPSA) is 29.3 Å². The normalized spacial score (nSPS) is 11.4.